The molecule has 0 fully saturated rings. The molecule has 3 rings (SSSR count). The van der Waals surface area contributed by atoms with E-state index in [4.69, 9.17) is 0 Å². The number of halogens is 1. The highest BCUT2D eigenvalue weighted by molar-refractivity contribution is 9.10. The number of aryl methyl sites for hydroxylation is 1. The first-order chi connectivity index (χ1) is 11.0. The molecule has 0 saturated heterocycles. The summed E-state index contributed by atoms with van der Waals surface area (Å²) in [5.74, 6) is -0.213. The first-order valence-corrected chi connectivity index (χ1v) is 7.99. The molecule has 1 amide bonds. The lowest BCUT2D eigenvalue weighted by molar-refractivity contribution is 0.0950. The number of hydrogen-bond acceptors (Lipinski definition) is 2. The number of pyridine rings is 1. The average Bonchev–Trinajstić information content (AvgIpc) is 2.53. The third kappa shape index (κ3) is 3.35. The molecule has 2 aromatic carbocycles. The zero-order valence-electron chi connectivity index (χ0n) is 12.5. The lowest BCUT2D eigenvalue weighted by atomic mass is 10.1. The predicted molar refractivity (Wildman–Crippen MR) is 94.6 cm³/mol. The maximum absolute atomic E-state index is 12.2. The Hall–Kier alpha value is -2.40. The van der Waals surface area contributed by atoms with Crippen molar-refractivity contribution in [2.45, 2.75) is 13.5 Å². The van der Waals surface area contributed by atoms with Crippen molar-refractivity contribution in [3.05, 3.63) is 80.0 Å². The van der Waals surface area contributed by atoms with E-state index in [1.807, 2.05) is 37.3 Å². The minimum atomic E-state index is -0.213. The molecule has 5 heteroatoms. The van der Waals surface area contributed by atoms with Crippen LogP contribution in [0.5, 0.6) is 0 Å². The Kier molecular flexibility index (Phi) is 4.30. The minimum absolute atomic E-state index is 0.179. The van der Waals surface area contributed by atoms with Crippen LogP contribution in [0, 0.1) is 6.92 Å². The Morgan fingerprint density at radius 1 is 1.17 bits per heavy atom. The van der Waals surface area contributed by atoms with E-state index in [1.54, 1.807) is 18.2 Å². The number of hydrogen-bond donors (Lipinski definition) is 2. The molecule has 0 aliphatic carbocycles. The van der Waals surface area contributed by atoms with Gasteiger partial charge in [0.25, 0.3) is 11.5 Å². The number of para-hydroxylation sites is 1. The third-order valence-corrected chi connectivity index (χ3v) is 4.18. The van der Waals surface area contributed by atoms with E-state index in [2.05, 4.69) is 26.2 Å². The molecule has 1 aromatic heterocycles. The van der Waals surface area contributed by atoms with Crippen LogP contribution in [0.3, 0.4) is 0 Å². The molecule has 0 aliphatic rings. The van der Waals surface area contributed by atoms with Crippen molar-refractivity contribution < 1.29 is 4.79 Å². The summed E-state index contributed by atoms with van der Waals surface area (Å²) in [7, 11) is 0. The van der Waals surface area contributed by atoms with Gasteiger partial charge in [0.1, 0.15) is 0 Å². The Balaban J connectivity index is 1.83. The minimum Gasteiger partial charge on any atom is -0.348 e. The van der Waals surface area contributed by atoms with Crippen LogP contribution in [0.2, 0.25) is 0 Å². The number of carbonyl (C=O) groups excluding carboxylic acids is 1. The lowest BCUT2D eigenvalue weighted by Crippen LogP contribution is -2.26. The van der Waals surface area contributed by atoms with Crippen molar-refractivity contribution in [1.29, 1.82) is 0 Å². The number of amides is 1. The van der Waals surface area contributed by atoms with Gasteiger partial charge in [0.15, 0.2) is 0 Å². The summed E-state index contributed by atoms with van der Waals surface area (Å²) >= 11 is 3.34. The molecule has 0 atom stereocenters. The highest BCUT2D eigenvalue weighted by Gasteiger charge is 2.08. The van der Waals surface area contributed by atoms with Gasteiger partial charge in [-0.05, 0) is 42.1 Å². The second-order valence-corrected chi connectivity index (χ2v) is 6.27. The molecule has 116 valence electrons. The van der Waals surface area contributed by atoms with E-state index in [0.29, 0.717) is 11.1 Å². The van der Waals surface area contributed by atoms with Gasteiger partial charge in [-0.15, -0.1) is 0 Å². The summed E-state index contributed by atoms with van der Waals surface area (Å²) in [5, 5.41) is 3.74. The van der Waals surface area contributed by atoms with Crippen molar-refractivity contribution in [2.24, 2.45) is 0 Å². The van der Waals surface area contributed by atoms with Crippen LogP contribution >= 0.6 is 15.9 Å². The standard InChI is InChI=1S/C18H15BrN2O2/c1-11-4-2-5-12-8-14(18(23)21-16(11)12)10-20-17(22)13-6-3-7-15(19)9-13/h2-9H,10H2,1H3,(H,20,22)(H,21,23). The maximum atomic E-state index is 12.2. The van der Waals surface area contributed by atoms with Crippen LogP contribution in [0.1, 0.15) is 21.5 Å². The van der Waals surface area contributed by atoms with Gasteiger partial charge in [-0.1, -0.05) is 40.2 Å². The van der Waals surface area contributed by atoms with E-state index >= 15 is 0 Å². The number of nitrogens with one attached hydrogen (secondary N) is 2. The molecule has 0 aliphatic heterocycles. The Morgan fingerprint density at radius 2 is 1.96 bits per heavy atom. The molecule has 3 aromatic rings. The first-order valence-electron chi connectivity index (χ1n) is 7.20. The Bertz CT molecular complexity index is 947. The summed E-state index contributed by atoms with van der Waals surface area (Å²) in [6.07, 6.45) is 0. The second kappa shape index (κ2) is 6.38. The zero-order valence-corrected chi connectivity index (χ0v) is 14.1. The van der Waals surface area contributed by atoms with Crippen LogP contribution in [-0.4, -0.2) is 10.9 Å². The highest BCUT2D eigenvalue weighted by Crippen LogP contribution is 2.15. The lowest BCUT2D eigenvalue weighted by Gasteiger charge is -2.07. The fourth-order valence-corrected chi connectivity index (χ4v) is 2.87. The Labute approximate surface area is 141 Å². The number of fused-ring (bicyclic) bond motifs is 1. The molecule has 23 heavy (non-hydrogen) atoms. The summed E-state index contributed by atoms with van der Waals surface area (Å²) in [6.45, 7) is 2.14. The van der Waals surface area contributed by atoms with E-state index in [0.717, 1.165) is 20.9 Å². The topological polar surface area (TPSA) is 62.0 Å². The Morgan fingerprint density at radius 3 is 2.74 bits per heavy atom. The molecule has 2 N–H and O–H groups in total. The second-order valence-electron chi connectivity index (χ2n) is 5.36. The highest BCUT2D eigenvalue weighted by atomic mass is 79.9. The number of benzene rings is 2. The largest absolute Gasteiger partial charge is 0.348 e. The van der Waals surface area contributed by atoms with Crippen LogP contribution in [0.25, 0.3) is 10.9 Å². The summed E-state index contributed by atoms with van der Waals surface area (Å²) in [5.41, 5.74) is 2.75. The number of rotatable bonds is 3. The molecule has 4 nitrogen and oxygen atoms in total. The average molecular weight is 371 g/mol. The van der Waals surface area contributed by atoms with Gasteiger partial charge in [0, 0.05) is 22.1 Å². The fraction of sp³-hybridized carbons (Fsp3) is 0.111. The van der Waals surface area contributed by atoms with Gasteiger partial charge in [-0.25, -0.2) is 0 Å². The summed E-state index contributed by atoms with van der Waals surface area (Å²) < 4.78 is 0.837. The quantitative estimate of drug-likeness (QED) is 0.740. The van der Waals surface area contributed by atoms with Crippen molar-refractivity contribution in [3.63, 3.8) is 0 Å². The third-order valence-electron chi connectivity index (χ3n) is 3.69. The van der Waals surface area contributed by atoms with Crippen molar-refractivity contribution in [3.8, 4) is 0 Å². The molecule has 0 spiro atoms. The number of aromatic amines is 1. The fourth-order valence-electron chi connectivity index (χ4n) is 2.47. The van der Waals surface area contributed by atoms with Crippen LogP contribution in [0.4, 0.5) is 0 Å². The van der Waals surface area contributed by atoms with Crippen LogP contribution in [-0.2, 0) is 6.54 Å². The summed E-state index contributed by atoms with van der Waals surface area (Å²) in [6, 6.07) is 14.8. The van der Waals surface area contributed by atoms with Crippen molar-refractivity contribution in [1.82, 2.24) is 10.3 Å². The number of carbonyl (C=O) groups is 1. The summed E-state index contributed by atoms with van der Waals surface area (Å²) in [4.78, 5) is 27.2. The monoisotopic (exact) mass is 370 g/mol. The first kappa shape index (κ1) is 15.5. The molecule has 0 saturated carbocycles. The molecular weight excluding hydrogens is 356 g/mol. The van der Waals surface area contributed by atoms with Crippen LogP contribution < -0.4 is 10.9 Å². The van der Waals surface area contributed by atoms with Gasteiger partial charge < -0.3 is 10.3 Å². The van der Waals surface area contributed by atoms with Crippen molar-refractivity contribution in [2.75, 3.05) is 0 Å². The van der Waals surface area contributed by atoms with Gasteiger partial charge in [-0.2, -0.15) is 0 Å². The smallest absolute Gasteiger partial charge is 0.253 e. The zero-order chi connectivity index (χ0) is 16.4. The van der Waals surface area contributed by atoms with Crippen LogP contribution in [0.15, 0.2) is 57.8 Å². The van der Waals surface area contributed by atoms with Crippen molar-refractivity contribution >= 4 is 32.7 Å². The normalized spacial score (nSPS) is 10.7. The molecule has 0 bridgehead atoms. The van der Waals surface area contributed by atoms with E-state index in [-0.39, 0.29) is 18.0 Å². The molecule has 0 unspecified atom stereocenters. The molecule has 1 heterocycles. The van der Waals surface area contributed by atoms with E-state index < -0.39 is 0 Å². The SMILES string of the molecule is Cc1cccc2cc(CNC(=O)c3cccc(Br)c3)c(=O)[nH]c12. The van der Waals surface area contributed by atoms with Gasteiger partial charge in [0.2, 0.25) is 0 Å². The number of H-pyrrole nitrogens is 1. The molecule has 0 radical (unpaired) electrons. The van der Waals surface area contributed by atoms with Gasteiger partial charge in [-0.3, -0.25) is 9.59 Å². The maximum Gasteiger partial charge on any atom is 0.253 e. The van der Waals surface area contributed by atoms with E-state index in [1.165, 1.54) is 0 Å². The van der Waals surface area contributed by atoms with Gasteiger partial charge >= 0.3 is 0 Å². The predicted octanol–water partition coefficient (Wildman–Crippen LogP) is 3.53. The number of aromatic nitrogens is 1. The molecular formula is C18H15BrN2O2. The van der Waals surface area contributed by atoms with E-state index in [9.17, 15) is 9.59 Å². The van der Waals surface area contributed by atoms with Gasteiger partial charge in [0.05, 0.1) is 5.52 Å².